The Hall–Kier alpha value is -1.90. The molecule has 7 nitrogen and oxygen atoms in total. The van der Waals surface area contributed by atoms with E-state index in [-0.39, 0.29) is 5.95 Å². The number of anilines is 3. The van der Waals surface area contributed by atoms with Gasteiger partial charge in [-0.2, -0.15) is 15.1 Å². The van der Waals surface area contributed by atoms with Crippen LogP contribution in [0.2, 0.25) is 5.02 Å². The van der Waals surface area contributed by atoms with E-state index < -0.39 is 0 Å². The van der Waals surface area contributed by atoms with Gasteiger partial charge in [-0.1, -0.05) is 11.6 Å². The highest BCUT2D eigenvalue weighted by molar-refractivity contribution is 9.10. The van der Waals surface area contributed by atoms with Crippen molar-refractivity contribution in [3.05, 3.63) is 33.9 Å². The summed E-state index contributed by atoms with van der Waals surface area (Å²) in [4.78, 5) is 8.43. The number of nitrogens with zero attached hydrogens (tertiary/aromatic N) is 3. The fourth-order valence-electron chi connectivity index (χ4n) is 1.72. The van der Waals surface area contributed by atoms with Crippen LogP contribution in [-0.2, 0) is 0 Å². The Morgan fingerprint density at radius 1 is 1.30 bits per heavy atom. The quantitative estimate of drug-likeness (QED) is 0.426. The van der Waals surface area contributed by atoms with E-state index in [0.29, 0.717) is 16.5 Å². The molecule has 0 bridgehead atoms. The second-order valence-electron chi connectivity index (χ2n) is 3.92. The zero-order valence-electron chi connectivity index (χ0n) is 9.98. The van der Waals surface area contributed by atoms with Crippen molar-refractivity contribution in [2.75, 3.05) is 10.7 Å². The lowest BCUT2D eigenvalue weighted by Gasteiger charge is -2.10. The highest BCUT2D eigenvalue weighted by Gasteiger charge is 2.10. The normalized spacial score (nSPS) is 10.8. The molecule has 2 heterocycles. The molecule has 0 aliphatic rings. The van der Waals surface area contributed by atoms with Gasteiger partial charge in [0.2, 0.25) is 5.95 Å². The molecular formula is C11H9BrClN7. The number of aromatic amines is 1. The molecule has 0 aliphatic carbocycles. The van der Waals surface area contributed by atoms with Crippen LogP contribution in [0.3, 0.4) is 0 Å². The van der Waals surface area contributed by atoms with Crippen LogP contribution in [0, 0.1) is 0 Å². The highest BCUT2D eigenvalue weighted by atomic mass is 79.9. The average Bonchev–Trinajstić information content (AvgIpc) is 2.91. The van der Waals surface area contributed by atoms with Crippen LogP contribution in [0.15, 0.2) is 28.9 Å². The number of nitrogens with one attached hydrogen (secondary N) is 3. The summed E-state index contributed by atoms with van der Waals surface area (Å²) >= 11 is 9.44. The van der Waals surface area contributed by atoms with Crippen LogP contribution in [0.4, 0.5) is 17.5 Å². The molecule has 3 aromatic rings. The topological polar surface area (TPSA) is 105 Å². The lowest BCUT2D eigenvalue weighted by Crippen LogP contribution is -2.11. The molecule has 1 aromatic carbocycles. The van der Waals surface area contributed by atoms with Crippen LogP contribution < -0.4 is 16.6 Å². The van der Waals surface area contributed by atoms with E-state index in [0.717, 1.165) is 15.5 Å². The average molecular weight is 355 g/mol. The van der Waals surface area contributed by atoms with E-state index in [4.69, 9.17) is 17.4 Å². The third kappa shape index (κ3) is 2.40. The van der Waals surface area contributed by atoms with Crippen molar-refractivity contribution in [2.24, 2.45) is 5.84 Å². The lowest BCUT2D eigenvalue weighted by atomic mass is 10.3. The maximum Gasteiger partial charge on any atom is 0.241 e. The van der Waals surface area contributed by atoms with Gasteiger partial charge in [-0.15, -0.1) is 0 Å². The summed E-state index contributed by atoms with van der Waals surface area (Å²) < 4.78 is 0.861. The van der Waals surface area contributed by atoms with Gasteiger partial charge in [-0.25, -0.2) is 5.84 Å². The molecule has 0 unspecified atom stereocenters. The van der Waals surface area contributed by atoms with Gasteiger partial charge in [0, 0.05) is 9.50 Å². The zero-order valence-corrected chi connectivity index (χ0v) is 12.3. The maximum absolute atomic E-state index is 5.99. The molecule has 0 aliphatic heterocycles. The predicted octanol–water partition coefficient (Wildman–Crippen LogP) is 2.80. The summed E-state index contributed by atoms with van der Waals surface area (Å²) in [6.45, 7) is 0. The second kappa shape index (κ2) is 5.23. The Kier molecular flexibility index (Phi) is 3.43. The number of aromatic nitrogens is 4. The SMILES string of the molecule is NNc1nc(Nc2cc(Cl)ccc2Br)c2cn[nH]c2n1. The van der Waals surface area contributed by atoms with Crippen LogP contribution in [0.25, 0.3) is 11.0 Å². The van der Waals surface area contributed by atoms with Gasteiger partial charge < -0.3 is 5.32 Å². The molecule has 0 spiro atoms. The molecule has 20 heavy (non-hydrogen) atoms. The minimum Gasteiger partial charge on any atom is -0.338 e. The van der Waals surface area contributed by atoms with Gasteiger partial charge in [0.25, 0.3) is 0 Å². The first-order chi connectivity index (χ1) is 9.67. The molecule has 0 atom stereocenters. The molecule has 102 valence electrons. The summed E-state index contributed by atoms with van der Waals surface area (Å²) in [5.41, 5.74) is 3.77. The fourth-order valence-corrected chi connectivity index (χ4v) is 2.23. The number of rotatable bonds is 3. The molecule has 5 N–H and O–H groups in total. The Balaban J connectivity index is 2.09. The lowest BCUT2D eigenvalue weighted by molar-refractivity contribution is 1.08. The van der Waals surface area contributed by atoms with Gasteiger partial charge >= 0.3 is 0 Å². The minimum atomic E-state index is 0.280. The molecule has 0 radical (unpaired) electrons. The number of nitrogen functional groups attached to an aromatic ring is 1. The number of hydrogen-bond acceptors (Lipinski definition) is 6. The molecule has 0 saturated carbocycles. The second-order valence-corrected chi connectivity index (χ2v) is 5.21. The van der Waals surface area contributed by atoms with Gasteiger partial charge in [0.15, 0.2) is 5.65 Å². The van der Waals surface area contributed by atoms with E-state index in [1.165, 1.54) is 0 Å². The molecule has 2 aromatic heterocycles. The first-order valence-corrected chi connectivity index (χ1v) is 6.74. The smallest absolute Gasteiger partial charge is 0.241 e. The van der Waals surface area contributed by atoms with Crippen molar-refractivity contribution in [1.82, 2.24) is 20.2 Å². The van der Waals surface area contributed by atoms with Crippen molar-refractivity contribution in [2.45, 2.75) is 0 Å². The van der Waals surface area contributed by atoms with Crippen LogP contribution >= 0.6 is 27.5 Å². The van der Waals surface area contributed by atoms with Gasteiger partial charge in [-0.05, 0) is 34.1 Å². The Morgan fingerprint density at radius 2 is 2.15 bits per heavy atom. The van der Waals surface area contributed by atoms with Crippen molar-refractivity contribution in [1.29, 1.82) is 0 Å². The Labute approximate surface area is 127 Å². The third-order valence-corrected chi connectivity index (χ3v) is 3.55. The monoisotopic (exact) mass is 353 g/mol. The standard InChI is InChI=1S/C11H9BrClN7/c12-7-2-1-5(13)3-8(7)16-9-6-4-15-20-10(6)18-11(17-9)19-14/h1-4H,14H2,(H3,15,16,17,18,19,20). The number of H-pyrrole nitrogens is 1. The molecule has 3 rings (SSSR count). The summed E-state index contributed by atoms with van der Waals surface area (Å²) in [5, 5.41) is 11.3. The zero-order chi connectivity index (χ0) is 14.1. The summed E-state index contributed by atoms with van der Waals surface area (Å²) in [6, 6.07) is 5.42. The third-order valence-electron chi connectivity index (χ3n) is 2.62. The fraction of sp³-hybridized carbons (Fsp3) is 0. The summed E-state index contributed by atoms with van der Waals surface area (Å²) in [6.07, 6.45) is 1.64. The highest BCUT2D eigenvalue weighted by Crippen LogP contribution is 2.30. The van der Waals surface area contributed by atoms with Gasteiger partial charge in [0.05, 0.1) is 17.3 Å². The number of benzene rings is 1. The molecule has 0 amide bonds. The van der Waals surface area contributed by atoms with Crippen molar-refractivity contribution in [3.63, 3.8) is 0 Å². The summed E-state index contributed by atoms with van der Waals surface area (Å²) in [5.74, 6) is 6.21. The van der Waals surface area contributed by atoms with Crippen molar-refractivity contribution in [3.8, 4) is 0 Å². The van der Waals surface area contributed by atoms with E-state index >= 15 is 0 Å². The Morgan fingerprint density at radius 3 is 2.95 bits per heavy atom. The number of halogens is 2. The molecular weight excluding hydrogens is 346 g/mol. The molecule has 0 fully saturated rings. The number of hydrogen-bond donors (Lipinski definition) is 4. The predicted molar refractivity (Wildman–Crippen MR) is 81.9 cm³/mol. The van der Waals surface area contributed by atoms with E-state index in [1.54, 1.807) is 18.3 Å². The summed E-state index contributed by atoms with van der Waals surface area (Å²) in [7, 11) is 0. The van der Waals surface area contributed by atoms with E-state index in [9.17, 15) is 0 Å². The molecule has 9 heteroatoms. The Bertz CT molecular complexity index is 773. The van der Waals surface area contributed by atoms with Crippen LogP contribution in [0.5, 0.6) is 0 Å². The number of nitrogens with two attached hydrogens (primary N) is 1. The minimum absolute atomic E-state index is 0.280. The number of hydrazine groups is 1. The van der Waals surface area contributed by atoms with Gasteiger partial charge in [-0.3, -0.25) is 10.5 Å². The largest absolute Gasteiger partial charge is 0.338 e. The van der Waals surface area contributed by atoms with Crippen molar-refractivity contribution >= 4 is 56.0 Å². The van der Waals surface area contributed by atoms with E-state index in [1.807, 2.05) is 6.07 Å². The van der Waals surface area contributed by atoms with Crippen LogP contribution in [-0.4, -0.2) is 20.2 Å². The van der Waals surface area contributed by atoms with Gasteiger partial charge in [0.1, 0.15) is 5.82 Å². The molecule has 0 saturated heterocycles. The first kappa shape index (κ1) is 13.1. The first-order valence-electron chi connectivity index (χ1n) is 5.57. The number of fused-ring (bicyclic) bond motifs is 1. The van der Waals surface area contributed by atoms with Crippen LogP contribution in [0.1, 0.15) is 0 Å². The maximum atomic E-state index is 5.99. The van der Waals surface area contributed by atoms with E-state index in [2.05, 4.69) is 46.8 Å². The van der Waals surface area contributed by atoms with Crippen molar-refractivity contribution < 1.29 is 0 Å².